The van der Waals surface area contributed by atoms with Gasteiger partial charge in [-0.3, -0.25) is 0 Å². The fraction of sp³-hybridized carbons (Fsp3) is 0.0625. The number of hydrogen-bond acceptors (Lipinski definition) is 2. The van der Waals surface area contributed by atoms with Gasteiger partial charge in [-0.1, -0.05) is 42.5 Å². The summed E-state index contributed by atoms with van der Waals surface area (Å²) in [5.74, 6) is 0.774. The van der Waals surface area contributed by atoms with Crippen molar-refractivity contribution < 1.29 is 4.74 Å². The fourth-order valence-corrected chi connectivity index (χ4v) is 2.26. The Labute approximate surface area is 120 Å². The first-order valence-electron chi connectivity index (χ1n) is 6.04. The highest BCUT2D eigenvalue weighted by Gasteiger charge is 2.01. The summed E-state index contributed by atoms with van der Waals surface area (Å²) in [7, 11) is 0. The van der Waals surface area contributed by atoms with Gasteiger partial charge in [0.15, 0.2) is 0 Å². The first-order chi connectivity index (χ1) is 9.33. The molecule has 0 N–H and O–H groups in total. The lowest BCUT2D eigenvalue weighted by atomic mass is 10.1. The number of hydrogen-bond donors (Lipinski definition) is 0. The molecule has 1 aromatic heterocycles. The SMILES string of the molecule is Brc1ccc(OCc2cccc3ccccc23)cn1. The molecule has 0 saturated carbocycles. The average molecular weight is 314 g/mol. The van der Waals surface area contributed by atoms with E-state index in [2.05, 4.69) is 51.2 Å². The third kappa shape index (κ3) is 2.76. The Kier molecular flexibility index (Phi) is 3.47. The third-order valence-corrected chi connectivity index (χ3v) is 3.44. The Hall–Kier alpha value is -1.87. The predicted molar refractivity (Wildman–Crippen MR) is 80.2 cm³/mol. The molecule has 3 heteroatoms. The van der Waals surface area contributed by atoms with Crippen molar-refractivity contribution in [3.8, 4) is 5.75 Å². The maximum atomic E-state index is 5.77. The quantitative estimate of drug-likeness (QED) is 0.660. The molecule has 0 aliphatic rings. The van der Waals surface area contributed by atoms with Crippen molar-refractivity contribution >= 4 is 26.7 Å². The summed E-state index contributed by atoms with van der Waals surface area (Å²) in [5, 5.41) is 2.47. The zero-order chi connectivity index (χ0) is 13.1. The number of fused-ring (bicyclic) bond motifs is 1. The van der Waals surface area contributed by atoms with Crippen molar-refractivity contribution in [2.75, 3.05) is 0 Å². The van der Waals surface area contributed by atoms with E-state index in [0.717, 1.165) is 10.4 Å². The molecule has 94 valence electrons. The van der Waals surface area contributed by atoms with Crippen LogP contribution in [-0.2, 0) is 6.61 Å². The van der Waals surface area contributed by atoms with Crippen LogP contribution in [0.5, 0.6) is 5.75 Å². The van der Waals surface area contributed by atoms with Gasteiger partial charge in [0.25, 0.3) is 0 Å². The van der Waals surface area contributed by atoms with Crippen molar-refractivity contribution in [1.82, 2.24) is 4.98 Å². The van der Waals surface area contributed by atoms with E-state index in [1.807, 2.05) is 24.3 Å². The van der Waals surface area contributed by atoms with Crippen LogP contribution >= 0.6 is 15.9 Å². The fourth-order valence-electron chi connectivity index (χ4n) is 2.03. The summed E-state index contributed by atoms with van der Waals surface area (Å²) in [6.07, 6.45) is 1.72. The third-order valence-electron chi connectivity index (χ3n) is 2.97. The monoisotopic (exact) mass is 313 g/mol. The van der Waals surface area contributed by atoms with E-state index in [9.17, 15) is 0 Å². The second-order valence-corrected chi connectivity index (χ2v) is 5.06. The van der Waals surface area contributed by atoms with Crippen LogP contribution in [-0.4, -0.2) is 4.98 Å². The van der Waals surface area contributed by atoms with Gasteiger partial charge >= 0.3 is 0 Å². The number of rotatable bonds is 3. The Morgan fingerprint density at radius 1 is 0.947 bits per heavy atom. The lowest BCUT2D eigenvalue weighted by Crippen LogP contribution is -1.96. The minimum Gasteiger partial charge on any atom is -0.487 e. The zero-order valence-corrected chi connectivity index (χ0v) is 11.8. The van der Waals surface area contributed by atoms with Crippen LogP contribution in [0.2, 0.25) is 0 Å². The molecule has 0 aliphatic carbocycles. The highest BCUT2D eigenvalue weighted by atomic mass is 79.9. The molecule has 2 aromatic carbocycles. The van der Waals surface area contributed by atoms with Gasteiger partial charge < -0.3 is 4.74 Å². The van der Waals surface area contributed by atoms with Crippen LogP contribution in [0.1, 0.15) is 5.56 Å². The van der Waals surface area contributed by atoms with E-state index in [0.29, 0.717) is 6.61 Å². The van der Waals surface area contributed by atoms with Gasteiger partial charge in [0.1, 0.15) is 17.0 Å². The Morgan fingerprint density at radius 3 is 2.63 bits per heavy atom. The van der Waals surface area contributed by atoms with E-state index >= 15 is 0 Å². The Bertz CT molecular complexity index is 689. The van der Waals surface area contributed by atoms with Gasteiger partial charge in [-0.05, 0) is 44.4 Å². The van der Waals surface area contributed by atoms with Gasteiger partial charge in [0.2, 0.25) is 0 Å². The molecule has 0 aliphatic heterocycles. The van der Waals surface area contributed by atoms with Crippen LogP contribution < -0.4 is 4.74 Å². The molecule has 3 aromatic rings. The number of benzene rings is 2. The van der Waals surface area contributed by atoms with Crippen molar-refractivity contribution in [2.45, 2.75) is 6.61 Å². The maximum Gasteiger partial charge on any atom is 0.138 e. The van der Waals surface area contributed by atoms with E-state index < -0.39 is 0 Å². The van der Waals surface area contributed by atoms with Crippen molar-refractivity contribution in [2.24, 2.45) is 0 Å². The van der Waals surface area contributed by atoms with Gasteiger partial charge in [-0.25, -0.2) is 4.98 Å². The minimum absolute atomic E-state index is 0.546. The summed E-state index contributed by atoms with van der Waals surface area (Å²) >= 11 is 3.31. The predicted octanol–water partition coefficient (Wildman–Crippen LogP) is 4.58. The Morgan fingerprint density at radius 2 is 1.79 bits per heavy atom. The van der Waals surface area contributed by atoms with Crippen LogP contribution in [0.3, 0.4) is 0 Å². The van der Waals surface area contributed by atoms with E-state index in [1.165, 1.54) is 16.3 Å². The molecule has 0 radical (unpaired) electrons. The molecule has 0 spiro atoms. The first-order valence-corrected chi connectivity index (χ1v) is 6.83. The van der Waals surface area contributed by atoms with Crippen LogP contribution in [0.4, 0.5) is 0 Å². The average Bonchev–Trinajstić information content (AvgIpc) is 2.47. The van der Waals surface area contributed by atoms with Crippen LogP contribution in [0.25, 0.3) is 10.8 Å². The molecule has 0 fully saturated rings. The number of aromatic nitrogens is 1. The van der Waals surface area contributed by atoms with Gasteiger partial charge in [-0.2, -0.15) is 0 Å². The van der Waals surface area contributed by atoms with Gasteiger partial charge in [-0.15, -0.1) is 0 Å². The second kappa shape index (κ2) is 5.41. The first kappa shape index (κ1) is 12.2. The highest BCUT2D eigenvalue weighted by Crippen LogP contribution is 2.20. The number of halogens is 1. The smallest absolute Gasteiger partial charge is 0.138 e. The summed E-state index contributed by atoms with van der Waals surface area (Å²) < 4.78 is 6.58. The molecular weight excluding hydrogens is 302 g/mol. The molecule has 3 rings (SSSR count). The van der Waals surface area contributed by atoms with Crippen LogP contribution in [0.15, 0.2) is 65.4 Å². The van der Waals surface area contributed by atoms with Crippen molar-refractivity contribution in [3.05, 3.63) is 71.0 Å². The number of ether oxygens (including phenoxy) is 1. The minimum atomic E-state index is 0.546. The van der Waals surface area contributed by atoms with Crippen LogP contribution in [0, 0.1) is 0 Å². The van der Waals surface area contributed by atoms with Gasteiger partial charge in [0, 0.05) is 0 Å². The summed E-state index contributed by atoms with van der Waals surface area (Å²) in [6.45, 7) is 0.546. The number of nitrogens with zero attached hydrogens (tertiary/aromatic N) is 1. The lowest BCUT2D eigenvalue weighted by molar-refractivity contribution is 0.306. The highest BCUT2D eigenvalue weighted by molar-refractivity contribution is 9.10. The Balaban J connectivity index is 1.84. The lowest BCUT2D eigenvalue weighted by Gasteiger charge is -2.08. The molecule has 0 unspecified atom stereocenters. The molecule has 1 heterocycles. The molecule has 0 saturated heterocycles. The van der Waals surface area contributed by atoms with Gasteiger partial charge in [0.05, 0.1) is 6.20 Å². The largest absolute Gasteiger partial charge is 0.487 e. The molecule has 0 amide bonds. The molecule has 0 bridgehead atoms. The molecular formula is C16H12BrNO. The zero-order valence-electron chi connectivity index (χ0n) is 10.2. The summed E-state index contributed by atoms with van der Waals surface area (Å²) in [6, 6.07) is 18.4. The van der Waals surface area contributed by atoms with E-state index in [-0.39, 0.29) is 0 Å². The van der Waals surface area contributed by atoms with Crippen molar-refractivity contribution in [3.63, 3.8) is 0 Å². The second-order valence-electron chi connectivity index (χ2n) is 4.24. The van der Waals surface area contributed by atoms with E-state index in [1.54, 1.807) is 6.20 Å². The summed E-state index contributed by atoms with van der Waals surface area (Å²) in [5.41, 5.74) is 1.18. The standard InChI is InChI=1S/C16H12BrNO/c17-16-9-8-14(10-18-16)19-11-13-6-3-5-12-4-1-2-7-15(12)13/h1-10H,11H2. The van der Waals surface area contributed by atoms with Crippen molar-refractivity contribution in [1.29, 1.82) is 0 Å². The molecule has 2 nitrogen and oxygen atoms in total. The van der Waals surface area contributed by atoms with E-state index in [4.69, 9.17) is 4.74 Å². The normalized spacial score (nSPS) is 10.6. The maximum absolute atomic E-state index is 5.77. The number of pyridine rings is 1. The molecule has 19 heavy (non-hydrogen) atoms. The topological polar surface area (TPSA) is 22.1 Å². The summed E-state index contributed by atoms with van der Waals surface area (Å²) in [4.78, 5) is 4.15. The molecule has 0 atom stereocenters.